The number of hydrogen-bond acceptors (Lipinski definition) is 7. The number of amides is 2. The highest BCUT2D eigenvalue weighted by Gasteiger charge is 2.28. The van der Waals surface area contributed by atoms with Crippen molar-refractivity contribution < 1.29 is 22.7 Å². The normalized spacial score (nSPS) is 15.5. The van der Waals surface area contributed by atoms with E-state index in [-0.39, 0.29) is 30.7 Å². The van der Waals surface area contributed by atoms with Crippen molar-refractivity contribution >= 4 is 44.2 Å². The van der Waals surface area contributed by atoms with Gasteiger partial charge in [-0.05, 0) is 43.5 Å². The average molecular weight is 539 g/mol. The number of sulfone groups is 1. The van der Waals surface area contributed by atoms with Crippen molar-refractivity contribution in [1.82, 2.24) is 9.88 Å². The third-order valence-corrected chi connectivity index (χ3v) is 8.41. The van der Waals surface area contributed by atoms with Crippen LogP contribution in [0.25, 0.3) is 10.9 Å². The lowest BCUT2D eigenvalue weighted by Crippen LogP contribution is -2.43. The van der Waals surface area contributed by atoms with Gasteiger partial charge in [0.25, 0.3) is 0 Å². The van der Waals surface area contributed by atoms with Crippen molar-refractivity contribution in [2.75, 3.05) is 36.2 Å². The van der Waals surface area contributed by atoms with Crippen molar-refractivity contribution in [3.63, 3.8) is 0 Å². The van der Waals surface area contributed by atoms with Crippen LogP contribution in [0.2, 0.25) is 0 Å². The van der Waals surface area contributed by atoms with Crippen molar-refractivity contribution in [2.24, 2.45) is 5.92 Å². The molecular formula is C28H34N4O5S. The van der Waals surface area contributed by atoms with Gasteiger partial charge in [0.15, 0.2) is 9.84 Å². The van der Waals surface area contributed by atoms with Gasteiger partial charge in [-0.1, -0.05) is 43.7 Å². The molecule has 2 heterocycles. The molecule has 2 aromatic carbocycles. The summed E-state index contributed by atoms with van der Waals surface area (Å²) in [6.45, 7) is 8.37. The van der Waals surface area contributed by atoms with Gasteiger partial charge in [0, 0.05) is 31.6 Å². The van der Waals surface area contributed by atoms with E-state index in [0.29, 0.717) is 34.0 Å². The summed E-state index contributed by atoms with van der Waals surface area (Å²) in [5.41, 5.74) is 2.91. The number of nitrogens with zero attached hydrogens (tertiary/aromatic N) is 3. The van der Waals surface area contributed by atoms with E-state index in [1.165, 1.54) is 11.9 Å². The molecule has 1 aliphatic heterocycles. The third kappa shape index (κ3) is 5.91. The number of rotatable bonds is 6. The first-order chi connectivity index (χ1) is 18.0. The van der Waals surface area contributed by atoms with Gasteiger partial charge in [-0.15, -0.1) is 0 Å². The molecule has 0 bridgehead atoms. The number of pyridine rings is 1. The van der Waals surface area contributed by atoms with Crippen molar-refractivity contribution in [2.45, 2.75) is 45.2 Å². The van der Waals surface area contributed by atoms with Gasteiger partial charge >= 0.3 is 6.09 Å². The highest BCUT2D eigenvalue weighted by Crippen LogP contribution is 2.31. The van der Waals surface area contributed by atoms with Gasteiger partial charge in [-0.2, -0.15) is 0 Å². The Morgan fingerprint density at radius 1 is 1.13 bits per heavy atom. The van der Waals surface area contributed by atoms with E-state index < -0.39 is 22.0 Å². The summed E-state index contributed by atoms with van der Waals surface area (Å²) in [4.78, 5) is 34.0. The van der Waals surface area contributed by atoms with Gasteiger partial charge < -0.3 is 15.0 Å². The molecule has 1 aliphatic rings. The summed E-state index contributed by atoms with van der Waals surface area (Å²) in [7, 11) is -1.89. The highest BCUT2D eigenvalue weighted by atomic mass is 32.2. The van der Waals surface area contributed by atoms with Crippen LogP contribution in [0.3, 0.4) is 0 Å². The number of nitrogens with one attached hydrogen (secondary N) is 1. The van der Waals surface area contributed by atoms with Crippen LogP contribution in [0.15, 0.2) is 53.4 Å². The van der Waals surface area contributed by atoms with Crippen molar-refractivity contribution in [1.29, 1.82) is 0 Å². The van der Waals surface area contributed by atoms with Gasteiger partial charge in [0.1, 0.15) is 11.9 Å². The Bertz CT molecular complexity index is 1470. The number of ether oxygens (including phenoxy) is 1. The van der Waals surface area contributed by atoms with Crippen LogP contribution in [0.4, 0.5) is 16.3 Å². The zero-order chi connectivity index (χ0) is 27.6. The maximum Gasteiger partial charge on any atom is 0.410 e. The predicted molar refractivity (Wildman–Crippen MR) is 148 cm³/mol. The Hall–Kier alpha value is -3.66. The first kappa shape index (κ1) is 27.4. The molecule has 1 atom stereocenters. The SMILES string of the molecule is Cc1ccc2nc(N3CCS(=O)(=O)c4ccccc4C3)cc(NC(=O)C(C)N(C)C(=O)OCC(C)C)c2c1. The largest absolute Gasteiger partial charge is 0.449 e. The second-order valence-corrected chi connectivity index (χ2v) is 12.2. The minimum Gasteiger partial charge on any atom is -0.449 e. The van der Waals surface area contributed by atoms with Crippen LogP contribution >= 0.6 is 0 Å². The molecule has 202 valence electrons. The Balaban J connectivity index is 1.66. The Kier molecular flexibility index (Phi) is 7.91. The van der Waals surface area contributed by atoms with E-state index in [4.69, 9.17) is 9.72 Å². The highest BCUT2D eigenvalue weighted by molar-refractivity contribution is 7.91. The van der Waals surface area contributed by atoms with E-state index in [0.717, 1.165) is 10.9 Å². The molecule has 0 fully saturated rings. The minimum atomic E-state index is -3.42. The van der Waals surface area contributed by atoms with Crippen LogP contribution in [0.1, 0.15) is 31.9 Å². The number of benzene rings is 2. The smallest absolute Gasteiger partial charge is 0.410 e. The topological polar surface area (TPSA) is 109 Å². The average Bonchev–Trinajstić information content (AvgIpc) is 3.02. The summed E-state index contributed by atoms with van der Waals surface area (Å²) in [5.74, 6) is 0.320. The number of carbonyl (C=O) groups excluding carboxylic acids is 2. The molecule has 1 aromatic heterocycles. The quantitative estimate of drug-likeness (QED) is 0.496. The number of fused-ring (bicyclic) bond motifs is 2. The summed E-state index contributed by atoms with van der Waals surface area (Å²) >= 11 is 0. The molecule has 2 amide bonds. The molecule has 0 radical (unpaired) electrons. The lowest BCUT2D eigenvalue weighted by atomic mass is 10.1. The minimum absolute atomic E-state index is 0.0420. The standard InChI is InChI=1S/C28H34N4O5S/c1-18(2)17-37-28(34)31(5)20(4)27(33)30-24-15-26(29-23-11-10-19(3)14-22(23)24)32-12-13-38(35,36)25-9-7-6-8-21(25)16-32/h6-11,14-15,18,20H,12-13,16-17H2,1-5H3,(H,29,30,33). The fraction of sp³-hybridized carbons (Fsp3) is 0.393. The number of anilines is 2. The third-order valence-electron chi connectivity index (χ3n) is 6.62. The second kappa shape index (κ2) is 11.0. The van der Waals surface area contributed by atoms with Crippen LogP contribution in [-0.4, -0.2) is 62.3 Å². The first-order valence-corrected chi connectivity index (χ1v) is 14.3. The molecule has 0 aliphatic carbocycles. The summed E-state index contributed by atoms with van der Waals surface area (Å²) in [5, 5.41) is 3.72. The molecular weight excluding hydrogens is 504 g/mol. The maximum atomic E-state index is 13.2. The van der Waals surface area contributed by atoms with Crippen molar-refractivity contribution in [3.8, 4) is 0 Å². The first-order valence-electron chi connectivity index (χ1n) is 12.6. The van der Waals surface area contributed by atoms with Gasteiger partial charge in [-0.25, -0.2) is 18.2 Å². The molecule has 3 aromatic rings. The zero-order valence-corrected chi connectivity index (χ0v) is 23.2. The number of hydrogen-bond donors (Lipinski definition) is 1. The molecule has 1 unspecified atom stereocenters. The maximum absolute atomic E-state index is 13.2. The van der Waals surface area contributed by atoms with E-state index >= 15 is 0 Å². The monoisotopic (exact) mass is 538 g/mol. The molecule has 38 heavy (non-hydrogen) atoms. The molecule has 9 nitrogen and oxygen atoms in total. The molecule has 1 N–H and O–H groups in total. The molecule has 10 heteroatoms. The summed E-state index contributed by atoms with van der Waals surface area (Å²) in [6, 6.07) is 13.7. The molecule has 0 saturated carbocycles. The Morgan fingerprint density at radius 3 is 2.61 bits per heavy atom. The molecule has 0 saturated heterocycles. The Morgan fingerprint density at radius 2 is 1.87 bits per heavy atom. The van der Waals surface area contributed by atoms with Gasteiger partial charge in [0.05, 0.1) is 28.5 Å². The van der Waals surface area contributed by atoms with Gasteiger partial charge in [-0.3, -0.25) is 9.69 Å². The van der Waals surface area contributed by atoms with Crippen molar-refractivity contribution in [3.05, 3.63) is 59.7 Å². The lowest BCUT2D eigenvalue weighted by Gasteiger charge is -2.25. The van der Waals surface area contributed by atoms with Crippen LogP contribution in [-0.2, 0) is 25.9 Å². The zero-order valence-electron chi connectivity index (χ0n) is 22.4. The summed E-state index contributed by atoms with van der Waals surface area (Å²) < 4.78 is 31.0. The fourth-order valence-corrected chi connectivity index (χ4v) is 5.76. The van der Waals surface area contributed by atoms with Crippen LogP contribution in [0.5, 0.6) is 0 Å². The summed E-state index contributed by atoms with van der Waals surface area (Å²) in [6.07, 6.45) is -0.568. The van der Waals surface area contributed by atoms with E-state index in [2.05, 4.69) is 5.32 Å². The van der Waals surface area contributed by atoms with Gasteiger partial charge in [0.2, 0.25) is 5.91 Å². The number of carbonyl (C=O) groups is 2. The van der Waals surface area contributed by atoms with Crippen LogP contribution in [0, 0.1) is 12.8 Å². The van der Waals surface area contributed by atoms with E-state index in [1.54, 1.807) is 25.1 Å². The number of aromatic nitrogens is 1. The fourth-order valence-electron chi connectivity index (χ4n) is 4.26. The number of likely N-dealkylation sites (N-methyl/N-ethyl adjacent to an activating group) is 1. The Labute approximate surface area is 223 Å². The predicted octanol–water partition coefficient (Wildman–Crippen LogP) is 4.39. The lowest BCUT2D eigenvalue weighted by molar-refractivity contribution is -0.120. The number of aryl methyl sites for hydroxylation is 1. The van der Waals surface area contributed by atoms with E-state index in [1.807, 2.05) is 56.0 Å². The van der Waals surface area contributed by atoms with E-state index in [9.17, 15) is 18.0 Å². The van der Waals surface area contributed by atoms with Crippen LogP contribution < -0.4 is 10.2 Å². The second-order valence-electron chi connectivity index (χ2n) is 10.1. The molecule has 4 rings (SSSR count). The molecule has 0 spiro atoms.